The van der Waals surface area contributed by atoms with Crippen LogP contribution >= 0.6 is 11.8 Å². The molecule has 0 spiro atoms. The van der Waals surface area contributed by atoms with Crippen LogP contribution in [-0.4, -0.2) is 59.3 Å². The summed E-state index contributed by atoms with van der Waals surface area (Å²) in [6.07, 6.45) is 9.47. The Labute approximate surface area is 144 Å². The zero-order valence-electron chi connectivity index (χ0n) is 14.2. The van der Waals surface area contributed by atoms with E-state index in [1.54, 1.807) is 0 Å². The Balaban J connectivity index is 1.34. The monoisotopic (exact) mass is 338 g/mol. The molecular weight excluding hydrogens is 308 g/mol. The van der Waals surface area contributed by atoms with Crippen molar-refractivity contribution in [1.82, 2.24) is 9.80 Å². The molecule has 0 bridgehead atoms. The van der Waals surface area contributed by atoms with Gasteiger partial charge in [0, 0.05) is 32.1 Å². The van der Waals surface area contributed by atoms with Gasteiger partial charge in [-0.25, -0.2) is 0 Å². The van der Waals surface area contributed by atoms with E-state index in [1.807, 2.05) is 21.6 Å². The number of carbonyl (C=O) groups excluding carboxylic acids is 2. The zero-order valence-corrected chi connectivity index (χ0v) is 15.0. The first-order chi connectivity index (χ1) is 11.2. The molecule has 0 radical (unpaired) electrons. The number of hydrogen-bond acceptors (Lipinski definition) is 3. The van der Waals surface area contributed by atoms with Crippen LogP contribution in [-0.2, 0) is 9.59 Å². The summed E-state index contributed by atoms with van der Waals surface area (Å²) in [5.41, 5.74) is 0. The highest BCUT2D eigenvalue weighted by molar-refractivity contribution is 7.99. The Bertz CT molecular complexity index is 409. The van der Waals surface area contributed by atoms with Crippen LogP contribution in [0.1, 0.15) is 51.4 Å². The van der Waals surface area contributed by atoms with Crippen molar-refractivity contribution in [3.63, 3.8) is 0 Å². The summed E-state index contributed by atoms with van der Waals surface area (Å²) in [7, 11) is 0. The number of carbonyl (C=O) groups is 2. The summed E-state index contributed by atoms with van der Waals surface area (Å²) >= 11 is 1.81. The topological polar surface area (TPSA) is 40.6 Å². The van der Waals surface area contributed by atoms with Gasteiger partial charge in [-0.15, -0.1) is 0 Å². The second-order valence-corrected chi connectivity index (χ2v) is 8.38. The highest BCUT2D eigenvalue weighted by atomic mass is 32.2. The van der Waals surface area contributed by atoms with Crippen molar-refractivity contribution in [3.8, 4) is 0 Å². The molecule has 0 atom stereocenters. The number of amides is 2. The van der Waals surface area contributed by atoms with Gasteiger partial charge in [0.25, 0.3) is 0 Å². The number of likely N-dealkylation sites (tertiary alicyclic amines) is 2. The van der Waals surface area contributed by atoms with E-state index in [0.29, 0.717) is 11.7 Å². The smallest absolute Gasteiger partial charge is 0.232 e. The number of rotatable bonds is 5. The van der Waals surface area contributed by atoms with E-state index >= 15 is 0 Å². The van der Waals surface area contributed by atoms with E-state index in [4.69, 9.17) is 0 Å². The minimum absolute atomic E-state index is 0.156. The highest BCUT2D eigenvalue weighted by Gasteiger charge is 2.31. The lowest BCUT2D eigenvalue weighted by molar-refractivity contribution is -0.139. The van der Waals surface area contributed by atoms with Crippen LogP contribution in [0.5, 0.6) is 0 Å². The van der Waals surface area contributed by atoms with Gasteiger partial charge < -0.3 is 9.80 Å². The highest BCUT2D eigenvalue weighted by Crippen LogP contribution is 2.28. The largest absolute Gasteiger partial charge is 0.342 e. The Morgan fingerprint density at radius 3 is 2.13 bits per heavy atom. The fourth-order valence-electron chi connectivity index (χ4n) is 4.15. The third-order valence-corrected chi connectivity index (χ3v) is 6.83. The van der Waals surface area contributed by atoms with Gasteiger partial charge in [-0.2, -0.15) is 11.8 Å². The first-order valence-electron chi connectivity index (χ1n) is 9.38. The lowest BCUT2D eigenvalue weighted by atomic mass is 9.95. The molecule has 0 N–H and O–H groups in total. The molecule has 2 aliphatic heterocycles. The minimum Gasteiger partial charge on any atom is -0.342 e. The van der Waals surface area contributed by atoms with Crippen molar-refractivity contribution >= 4 is 23.6 Å². The molecule has 2 heterocycles. The second-order valence-electron chi connectivity index (χ2n) is 7.35. The summed E-state index contributed by atoms with van der Waals surface area (Å²) in [5, 5.41) is 0. The van der Waals surface area contributed by atoms with Gasteiger partial charge in [0.1, 0.15) is 0 Å². The van der Waals surface area contributed by atoms with Gasteiger partial charge in [-0.3, -0.25) is 9.59 Å². The van der Waals surface area contributed by atoms with Crippen LogP contribution in [0.25, 0.3) is 0 Å². The van der Waals surface area contributed by atoms with E-state index in [2.05, 4.69) is 0 Å². The molecule has 5 heteroatoms. The third kappa shape index (κ3) is 4.65. The lowest BCUT2D eigenvalue weighted by Crippen LogP contribution is -2.44. The van der Waals surface area contributed by atoms with Crippen LogP contribution in [0.3, 0.4) is 0 Å². The fraction of sp³-hybridized carbons (Fsp3) is 0.889. The normalized spacial score (nSPS) is 23.7. The predicted molar refractivity (Wildman–Crippen MR) is 94.4 cm³/mol. The maximum Gasteiger partial charge on any atom is 0.232 e. The van der Waals surface area contributed by atoms with Gasteiger partial charge in [0.2, 0.25) is 11.8 Å². The van der Waals surface area contributed by atoms with Crippen molar-refractivity contribution in [2.75, 3.05) is 37.7 Å². The van der Waals surface area contributed by atoms with Crippen molar-refractivity contribution < 1.29 is 9.59 Å². The van der Waals surface area contributed by atoms with Gasteiger partial charge >= 0.3 is 0 Å². The van der Waals surface area contributed by atoms with Crippen LogP contribution in [0, 0.1) is 11.8 Å². The predicted octanol–water partition coefficient (Wildman–Crippen LogP) is 2.77. The molecular formula is C18H30N2O2S. The first-order valence-corrected chi connectivity index (χ1v) is 10.5. The molecule has 130 valence electrons. The summed E-state index contributed by atoms with van der Waals surface area (Å²) in [4.78, 5) is 28.7. The van der Waals surface area contributed by atoms with Crippen molar-refractivity contribution in [2.45, 2.75) is 51.4 Å². The molecule has 3 aliphatic rings. The van der Waals surface area contributed by atoms with Crippen molar-refractivity contribution in [2.24, 2.45) is 11.8 Å². The quantitative estimate of drug-likeness (QED) is 0.774. The molecule has 3 rings (SSSR count). The molecule has 0 aromatic carbocycles. The van der Waals surface area contributed by atoms with E-state index in [-0.39, 0.29) is 11.8 Å². The van der Waals surface area contributed by atoms with E-state index < -0.39 is 0 Å². The molecule has 2 saturated heterocycles. The van der Waals surface area contributed by atoms with Gasteiger partial charge in [-0.05, 0) is 50.2 Å². The Kier molecular flexibility index (Phi) is 6.26. The number of thioether (sulfide) groups is 1. The van der Waals surface area contributed by atoms with E-state index in [0.717, 1.165) is 63.5 Å². The Morgan fingerprint density at radius 1 is 0.826 bits per heavy atom. The molecule has 3 fully saturated rings. The zero-order chi connectivity index (χ0) is 16.1. The summed E-state index contributed by atoms with van der Waals surface area (Å²) < 4.78 is 0. The summed E-state index contributed by atoms with van der Waals surface area (Å²) in [6.45, 7) is 3.42. The molecule has 1 aliphatic carbocycles. The molecule has 1 saturated carbocycles. The van der Waals surface area contributed by atoms with Gasteiger partial charge in [0.15, 0.2) is 0 Å². The summed E-state index contributed by atoms with van der Waals surface area (Å²) in [6, 6.07) is 0. The van der Waals surface area contributed by atoms with E-state index in [1.165, 1.54) is 25.7 Å². The number of hydrogen-bond donors (Lipinski definition) is 0. The number of nitrogens with zero attached hydrogens (tertiary/aromatic N) is 2. The van der Waals surface area contributed by atoms with Gasteiger partial charge in [-0.1, -0.05) is 12.8 Å². The van der Waals surface area contributed by atoms with Crippen LogP contribution in [0.4, 0.5) is 0 Å². The first kappa shape index (κ1) is 17.1. The van der Waals surface area contributed by atoms with E-state index in [9.17, 15) is 9.59 Å². The standard InChI is InChI=1S/C18H30N2O2S/c21-17(14-23-13-15-5-1-2-6-15)19-11-7-16(8-12-19)18(22)20-9-3-4-10-20/h15-16H,1-14H2. The maximum absolute atomic E-state index is 12.4. The van der Waals surface area contributed by atoms with Crippen LogP contribution < -0.4 is 0 Å². The molecule has 2 amide bonds. The second kappa shape index (κ2) is 8.41. The molecule has 0 unspecified atom stereocenters. The Morgan fingerprint density at radius 2 is 1.48 bits per heavy atom. The van der Waals surface area contributed by atoms with Crippen molar-refractivity contribution in [3.05, 3.63) is 0 Å². The van der Waals surface area contributed by atoms with Crippen LogP contribution in [0.15, 0.2) is 0 Å². The fourth-order valence-corrected chi connectivity index (χ4v) is 5.29. The SMILES string of the molecule is O=C(CSCC1CCCC1)N1CCC(C(=O)N2CCCC2)CC1. The Hall–Kier alpha value is -0.710. The average molecular weight is 339 g/mol. The molecule has 0 aromatic heterocycles. The molecule has 0 aromatic rings. The minimum atomic E-state index is 0.156. The number of piperidine rings is 1. The third-order valence-electron chi connectivity index (χ3n) is 5.67. The molecule has 4 nitrogen and oxygen atoms in total. The summed E-state index contributed by atoms with van der Waals surface area (Å²) in [5.74, 6) is 3.39. The van der Waals surface area contributed by atoms with Crippen molar-refractivity contribution in [1.29, 1.82) is 0 Å². The average Bonchev–Trinajstić information content (AvgIpc) is 3.28. The maximum atomic E-state index is 12.4. The molecule has 23 heavy (non-hydrogen) atoms. The lowest BCUT2D eigenvalue weighted by Gasteiger charge is -2.33. The van der Waals surface area contributed by atoms with Crippen LogP contribution in [0.2, 0.25) is 0 Å². The van der Waals surface area contributed by atoms with Gasteiger partial charge in [0.05, 0.1) is 5.75 Å².